The molecule has 0 rings (SSSR count). The Morgan fingerprint density at radius 2 is 1.61 bits per heavy atom. The van der Waals surface area contributed by atoms with Crippen molar-refractivity contribution in [2.75, 3.05) is 6.54 Å². The van der Waals surface area contributed by atoms with E-state index >= 15 is 0 Å². The van der Waals surface area contributed by atoms with E-state index in [1.165, 1.54) is 0 Å². The number of aliphatic hydroxyl groups is 1. The summed E-state index contributed by atoms with van der Waals surface area (Å²) < 4.78 is 0. The molecular formula is C15H31NO2. The van der Waals surface area contributed by atoms with Crippen LogP contribution in [0.3, 0.4) is 0 Å². The van der Waals surface area contributed by atoms with E-state index in [0.29, 0.717) is 12.2 Å². The molecule has 0 spiro atoms. The highest BCUT2D eigenvalue weighted by Gasteiger charge is 2.32. The summed E-state index contributed by atoms with van der Waals surface area (Å²) >= 11 is 0. The third-order valence-corrected chi connectivity index (χ3v) is 3.09. The van der Waals surface area contributed by atoms with Crippen molar-refractivity contribution in [3.63, 3.8) is 0 Å². The number of ketones is 1. The first-order valence-corrected chi connectivity index (χ1v) is 6.90. The minimum atomic E-state index is -0.486. The summed E-state index contributed by atoms with van der Waals surface area (Å²) in [6.07, 6.45) is 1.71. The summed E-state index contributed by atoms with van der Waals surface area (Å²) in [5.74, 6) is 0.313. The number of carbonyl (C=O) groups is 1. The van der Waals surface area contributed by atoms with E-state index in [-0.39, 0.29) is 23.3 Å². The standard InChI is InChI=1S/C15H31NO2/c1-14(2,3)9-11(7-8-12(17)10-16)13(18)15(4,5)6/h11-12,17H,7-10,16H2,1-6H3/t11-,12?/m1/s1. The van der Waals surface area contributed by atoms with Gasteiger partial charge < -0.3 is 10.8 Å². The number of carbonyl (C=O) groups excluding carboxylic acids is 1. The molecule has 3 N–H and O–H groups in total. The van der Waals surface area contributed by atoms with Gasteiger partial charge in [0.15, 0.2) is 0 Å². The van der Waals surface area contributed by atoms with Gasteiger partial charge in [0.25, 0.3) is 0 Å². The van der Waals surface area contributed by atoms with Crippen LogP contribution in [0.4, 0.5) is 0 Å². The lowest BCUT2D eigenvalue weighted by atomic mass is 9.74. The summed E-state index contributed by atoms with van der Waals surface area (Å²) in [7, 11) is 0. The van der Waals surface area contributed by atoms with Crippen molar-refractivity contribution >= 4 is 5.78 Å². The fourth-order valence-electron chi connectivity index (χ4n) is 2.19. The van der Waals surface area contributed by atoms with Crippen LogP contribution in [0.2, 0.25) is 0 Å². The molecule has 18 heavy (non-hydrogen) atoms. The molecule has 0 radical (unpaired) electrons. The Morgan fingerprint density at radius 1 is 1.11 bits per heavy atom. The van der Waals surface area contributed by atoms with E-state index < -0.39 is 6.10 Å². The predicted octanol–water partition coefficient (Wildman–Crippen LogP) is 2.75. The highest BCUT2D eigenvalue weighted by atomic mass is 16.3. The van der Waals surface area contributed by atoms with E-state index in [0.717, 1.165) is 12.8 Å². The Hall–Kier alpha value is -0.410. The zero-order chi connectivity index (χ0) is 14.6. The minimum absolute atomic E-state index is 0.0196. The molecule has 0 aliphatic carbocycles. The smallest absolute Gasteiger partial charge is 0.141 e. The maximum Gasteiger partial charge on any atom is 0.141 e. The minimum Gasteiger partial charge on any atom is -0.392 e. The van der Waals surface area contributed by atoms with E-state index in [1.807, 2.05) is 20.8 Å². The molecule has 0 saturated heterocycles. The molecule has 0 fully saturated rings. The van der Waals surface area contributed by atoms with Gasteiger partial charge >= 0.3 is 0 Å². The molecule has 2 atom stereocenters. The van der Waals surface area contributed by atoms with Crippen LogP contribution in [0.1, 0.15) is 60.8 Å². The number of aliphatic hydroxyl groups excluding tert-OH is 1. The monoisotopic (exact) mass is 257 g/mol. The first kappa shape index (κ1) is 17.6. The van der Waals surface area contributed by atoms with Crippen LogP contribution in [-0.4, -0.2) is 23.5 Å². The van der Waals surface area contributed by atoms with Gasteiger partial charge in [0, 0.05) is 17.9 Å². The van der Waals surface area contributed by atoms with Crippen LogP contribution in [-0.2, 0) is 4.79 Å². The summed E-state index contributed by atoms with van der Waals surface area (Å²) in [6, 6.07) is 0. The Labute approximate surface area is 112 Å². The van der Waals surface area contributed by atoms with Gasteiger partial charge in [0.1, 0.15) is 5.78 Å². The number of hydrogen-bond acceptors (Lipinski definition) is 3. The molecule has 0 bridgehead atoms. The molecule has 0 heterocycles. The third kappa shape index (κ3) is 7.12. The van der Waals surface area contributed by atoms with E-state index in [4.69, 9.17) is 5.73 Å². The first-order chi connectivity index (χ1) is 7.97. The van der Waals surface area contributed by atoms with Crippen LogP contribution in [0.5, 0.6) is 0 Å². The van der Waals surface area contributed by atoms with Crippen molar-refractivity contribution in [2.24, 2.45) is 22.5 Å². The van der Waals surface area contributed by atoms with Crippen molar-refractivity contribution in [3.8, 4) is 0 Å². The van der Waals surface area contributed by atoms with Crippen LogP contribution >= 0.6 is 0 Å². The first-order valence-electron chi connectivity index (χ1n) is 6.90. The molecule has 0 aliphatic heterocycles. The molecule has 108 valence electrons. The van der Waals surface area contributed by atoms with Crippen LogP contribution < -0.4 is 5.73 Å². The number of Topliss-reactive ketones (excluding diaryl/α,β-unsaturated/α-hetero) is 1. The van der Waals surface area contributed by atoms with Crippen LogP contribution in [0, 0.1) is 16.7 Å². The van der Waals surface area contributed by atoms with E-state index in [1.54, 1.807) is 0 Å². The molecule has 0 amide bonds. The van der Waals surface area contributed by atoms with Gasteiger partial charge in [0.05, 0.1) is 6.10 Å². The number of nitrogens with two attached hydrogens (primary N) is 1. The zero-order valence-electron chi connectivity index (χ0n) is 12.9. The van der Waals surface area contributed by atoms with Gasteiger partial charge in [-0.15, -0.1) is 0 Å². The molecule has 0 aromatic heterocycles. The highest BCUT2D eigenvalue weighted by molar-refractivity contribution is 5.85. The van der Waals surface area contributed by atoms with Gasteiger partial charge in [-0.25, -0.2) is 0 Å². The summed E-state index contributed by atoms with van der Waals surface area (Å²) in [6.45, 7) is 12.6. The molecule has 3 heteroatoms. The third-order valence-electron chi connectivity index (χ3n) is 3.09. The summed E-state index contributed by atoms with van der Waals surface area (Å²) in [4.78, 5) is 12.4. The maximum absolute atomic E-state index is 12.4. The number of rotatable bonds is 6. The van der Waals surface area contributed by atoms with Crippen LogP contribution in [0.25, 0.3) is 0 Å². The molecule has 1 unspecified atom stereocenters. The highest BCUT2D eigenvalue weighted by Crippen LogP contribution is 2.33. The van der Waals surface area contributed by atoms with E-state index in [2.05, 4.69) is 20.8 Å². The van der Waals surface area contributed by atoms with Crippen molar-refractivity contribution < 1.29 is 9.90 Å². The molecule has 3 nitrogen and oxygen atoms in total. The molecule has 0 aromatic carbocycles. The largest absolute Gasteiger partial charge is 0.392 e. The van der Waals surface area contributed by atoms with Crippen molar-refractivity contribution in [2.45, 2.75) is 66.9 Å². The second-order valence-electron chi connectivity index (χ2n) is 7.54. The van der Waals surface area contributed by atoms with Gasteiger partial charge in [-0.1, -0.05) is 41.5 Å². The van der Waals surface area contributed by atoms with E-state index in [9.17, 15) is 9.90 Å². The van der Waals surface area contributed by atoms with Gasteiger partial charge in [0.2, 0.25) is 0 Å². The Kier molecular flexibility index (Phi) is 6.52. The fourth-order valence-corrected chi connectivity index (χ4v) is 2.19. The fraction of sp³-hybridized carbons (Fsp3) is 0.933. The average Bonchev–Trinajstić information content (AvgIpc) is 2.19. The quantitative estimate of drug-likeness (QED) is 0.769. The van der Waals surface area contributed by atoms with Gasteiger partial charge in [-0.05, 0) is 24.7 Å². The van der Waals surface area contributed by atoms with Crippen LogP contribution in [0.15, 0.2) is 0 Å². The molecule has 0 aromatic rings. The zero-order valence-corrected chi connectivity index (χ0v) is 12.9. The normalized spacial score (nSPS) is 16.4. The Bertz CT molecular complexity index is 261. The SMILES string of the molecule is CC(C)(C)C[C@@H](CCC(O)CN)C(=O)C(C)(C)C. The molecular weight excluding hydrogens is 226 g/mol. The Morgan fingerprint density at radius 3 is 1.94 bits per heavy atom. The lowest BCUT2D eigenvalue weighted by molar-refractivity contribution is -0.131. The molecule has 0 saturated carbocycles. The maximum atomic E-state index is 12.4. The van der Waals surface area contributed by atoms with Gasteiger partial charge in [-0.3, -0.25) is 4.79 Å². The van der Waals surface area contributed by atoms with Crippen molar-refractivity contribution in [3.05, 3.63) is 0 Å². The molecule has 0 aliphatic rings. The topological polar surface area (TPSA) is 63.3 Å². The lowest BCUT2D eigenvalue weighted by Gasteiger charge is -2.30. The van der Waals surface area contributed by atoms with Crippen molar-refractivity contribution in [1.29, 1.82) is 0 Å². The lowest BCUT2D eigenvalue weighted by Crippen LogP contribution is -2.32. The number of hydrogen-bond donors (Lipinski definition) is 2. The second kappa shape index (κ2) is 6.67. The summed E-state index contributed by atoms with van der Waals surface area (Å²) in [5.41, 5.74) is 5.22. The van der Waals surface area contributed by atoms with Gasteiger partial charge in [-0.2, -0.15) is 0 Å². The average molecular weight is 257 g/mol. The summed E-state index contributed by atoms with van der Waals surface area (Å²) in [5, 5.41) is 9.55. The second-order valence-corrected chi connectivity index (χ2v) is 7.54. The predicted molar refractivity (Wildman–Crippen MR) is 76.3 cm³/mol. The van der Waals surface area contributed by atoms with Crippen molar-refractivity contribution in [1.82, 2.24) is 0 Å². The Balaban J connectivity index is 4.68.